The molecule has 1 aliphatic rings. The number of carbonyl (C=O) groups is 3. The highest BCUT2D eigenvalue weighted by Gasteiger charge is 2.64. The first-order valence-corrected chi connectivity index (χ1v) is 6.44. The molecule has 124 valence electrons. The lowest BCUT2D eigenvalue weighted by atomic mass is 9.93. The van der Waals surface area contributed by atoms with Crippen LogP contribution in [0, 0.1) is 0 Å². The van der Waals surface area contributed by atoms with Crippen LogP contribution in [0.4, 0.5) is 18.0 Å². The van der Waals surface area contributed by atoms with Gasteiger partial charge in [0.15, 0.2) is 5.54 Å². The topological polar surface area (TPSA) is 85.4 Å². The van der Waals surface area contributed by atoms with Crippen LogP contribution in [0.1, 0.15) is 19.4 Å². The second kappa shape index (κ2) is 5.30. The lowest BCUT2D eigenvalue weighted by molar-refractivity contribution is -1.06. The van der Waals surface area contributed by atoms with Gasteiger partial charge in [-0.1, -0.05) is 0 Å². The molecular formula is C13H13F3N3O4+. The highest BCUT2D eigenvalue weighted by Crippen LogP contribution is 2.39. The smallest absolute Gasteiger partial charge is 0.268 e. The van der Waals surface area contributed by atoms with Crippen LogP contribution in [0.15, 0.2) is 24.5 Å². The van der Waals surface area contributed by atoms with E-state index in [2.05, 4.69) is 9.82 Å². The molecule has 10 heteroatoms. The van der Waals surface area contributed by atoms with Gasteiger partial charge in [-0.2, -0.15) is 13.2 Å². The van der Waals surface area contributed by atoms with Gasteiger partial charge in [-0.3, -0.25) is 14.6 Å². The normalized spacial score (nSPS) is 22.0. The maximum atomic E-state index is 12.6. The van der Waals surface area contributed by atoms with Crippen molar-refractivity contribution in [2.45, 2.75) is 25.6 Å². The van der Waals surface area contributed by atoms with Gasteiger partial charge in [0.25, 0.3) is 5.91 Å². The minimum atomic E-state index is -5.30. The largest absolute Gasteiger partial charge is 0.497 e. The number of hydrogen-bond acceptors (Lipinski definition) is 5. The number of urea groups is 1. The van der Waals surface area contributed by atoms with Crippen molar-refractivity contribution in [1.82, 2.24) is 10.3 Å². The molecule has 1 atom stereocenters. The summed E-state index contributed by atoms with van der Waals surface area (Å²) in [6, 6.07) is 1.77. The molecule has 0 bridgehead atoms. The van der Waals surface area contributed by atoms with Gasteiger partial charge < -0.3 is 0 Å². The van der Waals surface area contributed by atoms with Crippen molar-refractivity contribution in [1.29, 1.82) is 0 Å². The van der Waals surface area contributed by atoms with Crippen LogP contribution in [0.2, 0.25) is 0 Å². The molecule has 1 aromatic rings. The Morgan fingerprint density at radius 2 is 1.83 bits per heavy atom. The predicted molar refractivity (Wildman–Crippen MR) is 68.1 cm³/mol. The van der Waals surface area contributed by atoms with Gasteiger partial charge in [-0.15, -0.1) is 0 Å². The zero-order valence-corrected chi connectivity index (χ0v) is 12.2. The van der Waals surface area contributed by atoms with Crippen LogP contribution >= 0.6 is 0 Å². The Morgan fingerprint density at radius 1 is 1.26 bits per heavy atom. The van der Waals surface area contributed by atoms with Gasteiger partial charge in [-0.05, 0) is 30.6 Å². The van der Waals surface area contributed by atoms with Crippen LogP contribution in [-0.2, 0) is 20.0 Å². The van der Waals surface area contributed by atoms with E-state index in [1.165, 1.54) is 38.4 Å². The summed E-state index contributed by atoms with van der Waals surface area (Å²) in [6.45, 7) is 2.03. The van der Waals surface area contributed by atoms with Crippen LogP contribution in [0.5, 0.6) is 0 Å². The fourth-order valence-corrected chi connectivity index (χ4v) is 2.32. The van der Waals surface area contributed by atoms with E-state index in [9.17, 15) is 27.6 Å². The summed E-state index contributed by atoms with van der Waals surface area (Å²) >= 11 is 0. The van der Waals surface area contributed by atoms with Crippen LogP contribution in [0.25, 0.3) is 0 Å². The minimum absolute atomic E-state index is 0.368. The van der Waals surface area contributed by atoms with Crippen molar-refractivity contribution in [2.24, 2.45) is 0 Å². The molecule has 0 saturated carbocycles. The highest BCUT2D eigenvalue weighted by atomic mass is 19.4. The SMILES string of the molecule is CC(C)(c1ccncc1)[N+]1(OC(=O)C(F)(F)F)CC(=O)NC1=O. The molecule has 1 N–H and O–H groups in total. The van der Waals surface area contributed by atoms with E-state index in [-0.39, 0.29) is 0 Å². The Bertz CT molecular complexity index is 660. The molecule has 1 saturated heterocycles. The number of hydrogen-bond donors (Lipinski definition) is 1. The van der Waals surface area contributed by atoms with Crippen molar-refractivity contribution in [2.75, 3.05) is 6.54 Å². The predicted octanol–water partition coefficient (Wildman–Crippen LogP) is 1.40. The number of pyridine rings is 1. The lowest BCUT2D eigenvalue weighted by Gasteiger charge is -2.39. The molecule has 0 spiro atoms. The van der Waals surface area contributed by atoms with Crippen molar-refractivity contribution < 1.29 is 37.0 Å². The second-order valence-electron chi connectivity index (χ2n) is 5.42. The molecular weight excluding hydrogens is 319 g/mol. The Morgan fingerprint density at radius 3 is 2.26 bits per heavy atom. The summed E-state index contributed by atoms with van der Waals surface area (Å²) in [6.07, 6.45) is -2.56. The van der Waals surface area contributed by atoms with Crippen molar-refractivity contribution >= 4 is 17.9 Å². The van der Waals surface area contributed by atoms with Gasteiger partial charge in [0, 0.05) is 18.0 Å². The van der Waals surface area contributed by atoms with E-state index in [4.69, 9.17) is 0 Å². The number of quaternary nitrogens is 1. The molecule has 0 aliphatic carbocycles. The number of carbonyl (C=O) groups excluding carboxylic acids is 3. The summed E-state index contributed by atoms with van der Waals surface area (Å²) in [7, 11) is 0. The molecule has 23 heavy (non-hydrogen) atoms. The van der Waals surface area contributed by atoms with Crippen molar-refractivity contribution in [3.8, 4) is 0 Å². The average Bonchev–Trinajstić information content (AvgIpc) is 2.74. The molecule has 1 aliphatic heterocycles. The number of rotatable bonds is 3. The number of aromatic nitrogens is 1. The first-order chi connectivity index (χ1) is 10.5. The molecule has 2 rings (SSSR count). The number of hydroxylamine groups is 3. The highest BCUT2D eigenvalue weighted by molar-refractivity contribution is 5.97. The quantitative estimate of drug-likeness (QED) is 0.668. The average molecular weight is 332 g/mol. The van der Waals surface area contributed by atoms with Crippen LogP contribution in [-0.4, -0.2) is 40.3 Å². The Hall–Kier alpha value is -2.49. The third-order valence-corrected chi connectivity index (χ3v) is 3.70. The van der Waals surface area contributed by atoms with Gasteiger partial charge >= 0.3 is 18.2 Å². The first-order valence-electron chi connectivity index (χ1n) is 6.44. The molecule has 0 aromatic carbocycles. The second-order valence-corrected chi connectivity index (χ2v) is 5.42. The van der Waals surface area contributed by atoms with E-state index < -0.39 is 40.8 Å². The number of halogens is 3. The van der Waals surface area contributed by atoms with E-state index in [1.807, 2.05) is 5.32 Å². The Labute approximate surface area is 128 Å². The van der Waals surface area contributed by atoms with Gasteiger partial charge in [0.1, 0.15) is 0 Å². The van der Waals surface area contributed by atoms with E-state index in [1.54, 1.807) is 0 Å². The maximum absolute atomic E-state index is 12.6. The van der Waals surface area contributed by atoms with E-state index >= 15 is 0 Å². The van der Waals surface area contributed by atoms with Crippen molar-refractivity contribution in [3.05, 3.63) is 30.1 Å². The van der Waals surface area contributed by atoms with Gasteiger partial charge in [0.05, 0.1) is 0 Å². The fraction of sp³-hybridized carbons (Fsp3) is 0.385. The Kier molecular flexibility index (Phi) is 3.89. The van der Waals surface area contributed by atoms with E-state index in [0.717, 1.165) is 0 Å². The fourth-order valence-electron chi connectivity index (χ4n) is 2.32. The molecule has 1 unspecified atom stereocenters. The summed E-state index contributed by atoms with van der Waals surface area (Å²) < 4.78 is 36.3. The van der Waals surface area contributed by atoms with Gasteiger partial charge in [-0.25, -0.2) is 14.9 Å². The summed E-state index contributed by atoms with van der Waals surface area (Å²) in [5.74, 6) is -3.39. The molecule has 1 aromatic heterocycles. The monoisotopic (exact) mass is 332 g/mol. The number of alkyl halides is 3. The minimum Gasteiger partial charge on any atom is -0.268 e. The molecule has 1 fully saturated rings. The summed E-state index contributed by atoms with van der Waals surface area (Å²) in [5.41, 5.74) is -1.09. The first kappa shape index (κ1) is 16.9. The summed E-state index contributed by atoms with van der Waals surface area (Å²) in [4.78, 5) is 43.3. The summed E-state index contributed by atoms with van der Waals surface area (Å²) in [5, 5.41) is 1.87. The number of amides is 3. The van der Waals surface area contributed by atoms with Crippen LogP contribution < -0.4 is 5.32 Å². The number of nitrogens with zero attached hydrogens (tertiary/aromatic N) is 2. The molecule has 2 heterocycles. The van der Waals surface area contributed by atoms with Crippen molar-refractivity contribution in [3.63, 3.8) is 0 Å². The van der Waals surface area contributed by atoms with Crippen LogP contribution in [0.3, 0.4) is 0 Å². The molecule has 7 nitrogen and oxygen atoms in total. The zero-order chi connectivity index (χ0) is 17.5. The standard InChI is InChI=1S/C13H12F3N3O4/c1-12(2,8-3-5-17-6-4-8)19(7-9(20)18-11(19)22)23-10(21)13(14,15)16/h3-6H,7H2,1-2H3/p+1. The molecule has 0 radical (unpaired) electrons. The number of imide groups is 1. The maximum Gasteiger partial charge on any atom is 0.497 e. The van der Waals surface area contributed by atoms with E-state index in [0.29, 0.717) is 5.56 Å². The lowest BCUT2D eigenvalue weighted by Crippen LogP contribution is -2.63. The Balaban J connectivity index is 2.53. The van der Waals surface area contributed by atoms with Gasteiger partial charge in [0.2, 0.25) is 6.54 Å². The zero-order valence-electron chi connectivity index (χ0n) is 12.2. The third-order valence-electron chi connectivity index (χ3n) is 3.70. The molecule has 3 amide bonds. The third kappa shape index (κ3) is 2.77. The number of nitrogens with one attached hydrogen (secondary N) is 1.